The first kappa shape index (κ1) is 14.4. The Morgan fingerprint density at radius 1 is 1.61 bits per heavy atom. The van der Waals surface area contributed by atoms with Crippen LogP contribution in [0.25, 0.3) is 0 Å². The summed E-state index contributed by atoms with van der Waals surface area (Å²) < 4.78 is 23.9. The smallest absolute Gasteiger partial charge is 0.344 e. The minimum Gasteiger partial charge on any atom is -0.478 e. The van der Waals surface area contributed by atoms with E-state index in [1.54, 1.807) is 13.0 Å². The molecule has 1 aromatic rings. The molecule has 1 aromatic carbocycles. The van der Waals surface area contributed by atoms with Gasteiger partial charge in [-0.15, -0.1) is 0 Å². The molecule has 0 aliphatic rings. The maximum atomic E-state index is 13.7. The molecule has 0 aliphatic carbocycles. The van der Waals surface area contributed by atoms with Crippen LogP contribution in [0.5, 0.6) is 5.75 Å². The van der Waals surface area contributed by atoms with E-state index in [-0.39, 0.29) is 19.0 Å². The summed E-state index contributed by atoms with van der Waals surface area (Å²) in [6.45, 7) is 1.53. The van der Waals surface area contributed by atoms with Crippen LogP contribution < -0.4 is 10.6 Å². The highest BCUT2D eigenvalue weighted by molar-refractivity contribution is 9.10. The van der Waals surface area contributed by atoms with Crippen molar-refractivity contribution < 1.29 is 18.7 Å². The number of rotatable bonds is 5. The lowest BCUT2D eigenvalue weighted by Crippen LogP contribution is -2.16. The van der Waals surface area contributed by atoms with E-state index in [2.05, 4.69) is 25.8 Å². The summed E-state index contributed by atoms with van der Waals surface area (Å²) in [6.07, 6.45) is 1.23. The molecule has 0 saturated carbocycles. The van der Waals surface area contributed by atoms with Gasteiger partial charge in [-0.3, -0.25) is 0 Å². The zero-order chi connectivity index (χ0) is 13.5. The van der Waals surface area contributed by atoms with Crippen LogP contribution in [0.4, 0.5) is 4.39 Å². The Morgan fingerprint density at radius 3 is 2.94 bits per heavy atom. The normalized spacial score (nSPS) is 10.6. The minimum absolute atomic E-state index is 0.0968. The lowest BCUT2D eigenvalue weighted by molar-refractivity contribution is -0.145. The average Bonchev–Trinajstić information content (AvgIpc) is 2.28. The molecule has 18 heavy (non-hydrogen) atoms. The molecule has 0 aromatic heterocycles. The zero-order valence-electron chi connectivity index (χ0n) is 9.65. The second-order valence-electron chi connectivity index (χ2n) is 3.18. The molecule has 0 bridgehead atoms. The van der Waals surface area contributed by atoms with Crippen LogP contribution >= 0.6 is 15.9 Å². The van der Waals surface area contributed by atoms with Crippen molar-refractivity contribution in [1.29, 1.82) is 0 Å². The van der Waals surface area contributed by atoms with Crippen LogP contribution in [0.1, 0.15) is 12.5 Å². The molecule has 0 heterocycles. The van der Waals surface area contributed by atoms with E-state index in [4.69, 9.17) is 10.6 Å². The predicted octanol–water partition coefficient (Wildman–Crippen LogP) is 1.82. The third kappa shape index (κ3) is 3.99. The topological polar surface area (TPSA) is 73.9 Å². The Bertz CT molecular complexity index is 466. The summed E-state index contributed by atoms with van der Waals surface area (Å²) in [5, 5.41) is 3.30. The van der Waals surface area contributed by atoms with Crippen LogP contribution in [-0.2, 0) is 9.53 Å². The summed E-state index contributed by atoms with van der Waals surface area (Å²) >= 11 is 3.13. The van der Waals surface area contributed by atoms with Crippen LogP contribution in [0.2, 0.25) is 0 Å². The molecule has 5 nitrogen and oxygen atoms in total. The molecule has 1 rings (SSSR count). The van der Waals surface area contributed by atoms with Crippen molar-refractivity contribution in [2.75, 3.05) is 13.2 Å². The van der Waals surface area contributed by atoms with E-state index in [0.717, 1.165) is 0 Å². The van der Waals surface area contributed by atoms with Crippen molar-refractivity contribution in [3.05, 3.63) is 28.0 Å². The molecule has 0 radical (unpaired) electrons. The molecule has 0 spiro atoms. The van der Waals surface area contributed by atoms with Gasteiger partial charge in [-0.25, -0.2) is 9.18 Å². The number of halogens is 2. The summed E-state index contributed by atoms with van der Waals surface area (Å²) in [6, 6.07) is 2.79. The van der Waals surface area contributed by atoms with E-state index < -0.39 is 11.8 Å². The van der Waals surface area contributed by atoms with Gasteiger partial charge in [0.2, 0.25) is 0 Å². The molecule has 0 atom stereocenters. The summed E-state index contributed by atoms with van der Waals surface area (Å²) in [5.74, 6) is 3.73. The van der Waals surface area contributed by atoms with Gasteiger partial charge in [0.25, 0.3) is 0 Å². The van der Waals surface area contributed by atoms with E-state index in [1.807, 2.05) is 0 Å². The molecule has 0 aliphatic heterocycles. The average molecular weight is 319 g/mol. The van der Waals surface area contributed by atoms with Crippen molar-refractivity contribution in [3.63, 3.8) is 0 Å². The number of nitrogens with two attached hydrogens (primary N) is 1. The monoisotopic (exact) mass is 318 g/mol. The summed E-state index contributed by atoms with van der Waals surface area (Å²) in [4.78, 5) is 11.1. The van der Waals surface area contributed by atoms with Crippen molar-refractivity contribution in [2.24, 2.45) is 10.9 Å². The second kappa shape index (κ2) is 6.95. The number of hydrogen-bond donors (Lipinski definition) is 1. The molecule has 0 amide bonds. The Kier molecular flexibility index (Phi) is 5.57. The molecule has 0 saturated heterocycles. The number of esters is 1. The van der Waals surface area contributed by atoms with Crippen LogP contribution in [0.3, 0.4) is 0 Å². The molecule has 98 valence electrons. The lowest BCUT2D eigenvalue weighted by Gasteiger charge is -2.10. The molecule has 2 N–H and O–H groups in total. The van der Waals surface area contributed by atoms with Gasteiger partial charge in [-0.1, -0.05) is 15.9 Å². The SMILES string of the molecule is CCOC(=O)COc1c(F)cc(Br)cc1C=NN. The largest absolute Gasteiger partial charge is 0.478 e. The predicted molar refractivity (Wildman–Crippen MR) is 68.0 cm³/mol. The van der Waals surface area contributed by atoms with Gasteiger partial charge in [0.15, 0.2) is 18.2 Å². The molecule has 0 unspecified atom stereocenters. The summed E-state index contributed by atoms with van der Waals surface area (Å²) in [7, 11) is 0. The maximum Gasteiger partial charge on any atom is 0.344 e. The standard InChI is InChI=1S/C11H12BrFN2O3/c1-2-17-10(16)6-18-11-7(5-15-14)3-8(12)4-9(11)13/h3-5H,2,6,14H2,1H3. The fourth-order valence-corrected chi connectivity index (χ4v) is 1.69. The van der Waals surface area contributed by atoms with E-state index >= 15 is 0 Å². The van der Waals surface area contributed by atoms with E-state index in [0.29, 0.717) is 10.0 Å². The molecule has 0 fully saturated rings. The first-order chi connectivity index (χ1) is 8.58. The maximum absolute atomic E-state index is 13.7. The Balaban J connectivity index is 2.89. The number of benzene rings is 1. The first-order valence-electron chi connectivity index (χ1n) is 5.09. The number of nitrogens with zero attached hydrogens (tertiary/aromatic N) is 1. The van der Waals surface area contributed by atoms with Crippen molar-refractivity contribution in [1.82, 2.24) is 0 Å². The third-order valence-electron chi connectivity index (χ3n) is 1.89. The second-order valence-corrected chi connectivity index (χ2v) is 4.09. The lowest BCUT2D eigenvalue weighted by atomic mass is 10.2. The van der Waals surface area contributed by atoms with Gasteiger partial charge < -0.3 is 15.3 Å². The van der Waals surface area contributed by atoms with Gasteiger partial charge >= 0.3 is 5.97 Å². The van der Waals surface area contributed by atoms with Crippen LogP contribution in [0, 0.1) is 5.82 Å². The van der Waals surface area contributed by atoms with Crippen molar-refractivity contribution >= 4 is 28.1 Å². The molecular weight excluding hydrogens is 307 g/mol. The zero-order valence-corrected chi connectivity index (χ0v) is 11.2. The van der Waals surface area contributed by atoms with Crippen LogP contribution in [-0.4, -0.2) is 25.4 Å². The fraction of sp³-hybridized carbons (Fsp3) is 0.273. The highest BCUT2D eigenvalue weighted by Gasteiger charge is 2.13. The Hall–Kier alpha value is -1.63. The number of hydrazone groups is 1. The van der Waals surface area contributed by atoms with Gasteiger partial charge in [0.05, 0.1) is 12.8 Å². The Labute approximate surface area is 112 Å². The van der Waals surface area contributed by atoms with E-state index in [9.17, 15) is 9.18 Å². The number of carbonyl (C=O) groups is 1. The number of ether oxygens (including phenoxy) is 2. The van der Waals surface area contributed by atoms with Gasteiger partial charge in [-0.2, -0.15) is 5.10 Å². The van der Waals surface area contributed by atoms with Gasteiger partial charge in [0, 0.05) is 10.0 Å². The molecule has 7 heteroatoms. The van der Waals surface area contributed by atoms with Crippen molar-refractivity contribution in [3.8, 4) is 5.75 Å². The highest BCUT2D eigenvalue weighted by atomic mass is 79.9. The first-order valence-corrected chi connectivity index (χ1v) is 5.88. The number of carbonyl (C=O) groups excluding carboxylic acids is 1. The minimum atomic E-state index is -0.622. The third-order valence-corrected chi connectivity index (χ3v) is 2.35. The fourth-order valence-electron chi connectivity index (χ4n) is 1.24. The van der Waals surface area contributed by atoms with E-state index in [1.165, 1.54) is 12.3 Å². The molecular formula is C11H12BrFN2O3. The highest BCUT2D eigenvalue weighted by Crippen LogP contribution is 2.26. The van der Waals surface area contributed by atoms with Crippen LogP contribution in [0.15, 0.2) is 21.7 Å². The van der Waals surface area contributed by atoms with Crippen molar-refractivity contribution in [2.45, 2.75) is 6.92 Å². The quantitative estimate of drug-likeness (QED) is 0.389. The Morgan fingerprint density at radius 2 is 2.33 bits per heavy atom. The number of hydrogen-bond acceptors (Lipinski definition) is 5. The van der Waals surface area contributed by atoms with Gasteiger partial charge in [0.1, 0.15) is 0 Å². The van der Waals surface area contributed by atoms with Gasteiger partial charge in [-0.05, 0) is 19.1 Å². The summed E-state index contributed by atoms with van der Waals surface area (Å²) in [5.41, 5.74) is 0.327.